The van der Waals surface area contributed by atoms with Gasteiger partial charge >= 0.3 is 6.03 Å². The summed E-state index contributed by atoms with van der Waals surface area (Å²) in [7, 11) is 0. The summed E-state index contributed by atoms with van der Waals surface area (Å²) in [5, 5.41) is 6.65. The number of thiazole rings is 1. The average molecular weight is 319 g/mol. The number of carbonyl (C=O) groups is 1. The first kappa shape index (κ1) is 16.3. The van der Waals surface area contributed by atoms with Crippen molar-refractivity contribution in [3.8, 4) is 5.75 Å². The van der Waals surface area contributed by atoms with Crippen LogP contribution in [0, 0.1) is 6.92 Å². The van der Waals surface area contributed by atoms with Crippen molar-refractivity contribution in [2.45, 2.75) is 40.0 Å². The molecule has 22 heavy (non-hydrogen) atoms. The number of hydrogen-bond donors (Lipinski definition) is 2. The second kappa shape index (κ2) is 7.79. The Labute approximate surface area is 134 Å². The fourth-order valence-corrected chi connectivity index (χ4v) is 2.59. The summed E-state index contributed by atoms with van der Waals surface area (Å²) in [6, 6.07) is 7.53. The van der Waals surface area contributed by atoms with Gasteiger partial charge in [0.1, 0.15) is 5.75 Å². The van der Waals surface area contributed by atoms with Gasteiger partial charge in [-0.15, -0.1) is 11.3 Å². The minimum absolute atomic E-state index is 0.158. The third kappa shape index (κ3) is 5.37. The Bertz CT molecular complexity index is 608. The van der Waals surface area contributed by atoms with Crippen LogP contribution in [0.25, 0.3) is 0 Å². The SMILES string of the molecule is Cc1ncc(CNC(=O)NCc2ccc(OC(C)C)cc2)s1. The van der Waals surface area contributed by atoms with Crippen LogP contribution in [-0.4, -0.2) is 17.1 Å². The highest BCUT2D eigenvalue weighted by atomic mass is 32.1. The summed E-state index contributed by atoms with van der Waals surface area (Å²) in [4.78, 5) is 16.9. The molecule has 0 radical (unpaired) electrons. The molecule has 118 valence electrons. The van der Waals surface area contributed by atoms with Crippen LogP contribution in [0.2, 0.25) is 0 Å². The molecular formula is C16H21N3O2S. The van der Waals surface area contributed by atoms with Crippen LogP contribution in [-0.2, 0) is 13.1 Å². The van der Waals surface area contributed by atoms with E-state index in [1.807, 2.05) is 45.0 Å². The lowest BCUT2D eigenvalue weighted by molar-refractivity contribution is 0.240. The lowest BCUT2D eigenvalue weighted by atomic mass is 10.2. The number of aromatic nitrogens is 1. The van der Waals surface area contributed by atoms with Gasteiger partial charge in [-0.25, -0.2) is 9.78 Å². The van der Waals surface area contributed by atoms with Crippen LogP contribution in [0.1, 0.15) is 29.3 Å². The van der Waals surface area contributed by atoms with Crippen molar-refractivity contribution in [3.63, 3.8) is 0 Å². The third-order valence-corrected chi connectivity index (χ3v) is 3.75. The Morgan fingerprint density at radius 3 is 2.50 bits per heavy atom. The number of carbonyl (C=O) groups excluding carboxylic acids is 1. The van der Waals surface area contributed by atoms with E-state index < -0.39 is 0 Å². The molecule has 2 aromatic rings. The number of nitrogens with zero attached hydrogens (tertiary/aromatic N) is 1. The Morgan fingerprint density at radius 1 is 1.23 bits per heavy atom. The number of ether oxygens (including phenoxy) is 1. The summed E-state index contributed by atoms with van der Waals surface area (Å²) >= 11 is 1.58. The molecule has 0 bridgehead atoms. The average Bonchev–Trinajstić information content (AvgIpc) is 2.89. The largest absolute Gasteiger partial charge is 0.491 e. The van der Waals surface area contributed by atoms with E-state index in [0.717, 1.165) is 21.2 Å². The molecule has 0 spiro atoms. The van der Waals surface area contributed by atoms with E-state index in [4.69, 9.17) is 4.74 Å². The van der Waals surface area contributed by atoms with E-state index in [-0.39, 0.29) is 12.1 Å². The molecule has 0 aliphatic heterocycles. The smallest absolute Gasteiger partial charge is 0.315 e. The molecule has 2 rings (SSSR count). The van der Waals surface area contributed by atoms with Gasteiger partial charge in [0.25, 0.3) is 0 Å². The predicted octanol–water partition coefficient (Wildman–Crippen LogP) is 3.24. The summed E-state index contributed by atoms with van der Waals surface area (Å²) in [6.45, 7) is 6.91. The maximum Gasteiger partial charge on any atom is 0.315 e. The second-order valence-corrected chi connectivity index (χ2v) is 6.51. The van der Waals surface area contributed by atoms with Crippen LogP contribution in [0.15, 0.2) is 30.5 Å². The van der Waals surface area contributed by atoms with Gasteiger partial charge in [-0.3, -0.25) is 0 Å². The van der Waals surface area contributed by atoms with Crippen molar-refractivity contribution in [3.05, 3.63) is 45.9 Å². The van der Waals surface area contributed by atoms with Gasteiger partial charge in [0.2, 0.25) is 0 Å². The van der Waals surface area contributed by atoms with Crippen LogP contribution >= 0.6 is 11.3 Å². The molecule has 0 aliphatic carbocycles. The highest BCUT2D eigenvalue weighted by Crippen LogP contribution is 2.13. The molecule has 2 amide bonds. The fourth-order valence-electron chi connectivity index (χ4n) is 1.86. The van der Waals surface area contributed by atoms with E-state index in [1.165, 1.54) is 0 Å². The Hall–Kier alpha value is -2.08. The summed E-state index contributed by atoms with van der Waals surface area (Å²) < 4.78 is 5.58. The second-order valence-electron chi connectivity index (χ2n) is 5.19. The first-order valence-corrected chi connectivity index (χ1v) is 8.03. The minimum Gasteiger partial charge on any atom is -0.491 e. The maximum atomic E-state index is 11.7. The van der Waals surface area contributed by atoms with Crippen molar-refractivity contribution in [1.82, 2.24) is 15.6 Å². The van der Waals surface area contributed by atoms with Gasteiger partial charge in [-0.2, -0.15) is 0 Å². The Morgan fingerprint density at radius 2 is 1.91 bits per heavy atom. The normalized spacial score (nSPS) is 10.5. The summed E-state index contributed by atoms with van der Waals surface area (Å²) in [6.07, 6.45) is 1.94. The molecule has 0 aliphatic rings. The van der Waals surface area contributed by atoms with E-state index in [1.54, 1.807) is 17.5 Å². The molecule has 5 nitrogen and oxygen atoms in total. The zero-order valence-electron chi connectivity index (χ0n) is 13.1. The highest BCUT2D eigenvalue weighted by Gasteiger charge is 2.03. The highest BCUT2D eigenvalue weighted by molar-refractivity contribution is 7.11. The lowest BCUT2D eigenvalue weighted by Crippen LogP contribution is -2.34. The van der Waals surface area contributed by atoms with Gasteiger partial charge in [0, 0.05) is 17.6 Å². The minimum atomic E-state index is -0.187. The first-order chi connectivity index (χ1) is 10.5. The third-order valence-electron chi connectivity index (χ3n) is 2.84. The number of rotatable bonds is 6. The predicted molar refractivity (Wildman–Crippen MR) is 88.1 cm³/mol. The number of benzene rings is 1. The molecular weight excluding hydrogens is 298 g/mol. The zero-order valence-corrected chi connectivity index (χ0v) is 13.9. The number of nitrogens with one attached hydrogen (secondary N) is 2. The molecule has 0 unspecified atom stereocenters. The zero-order chi connectivity index (χ0) is 15.9. The monoisotopic (exact) mass is 319 g/mol. The van der Waals surface area contributed by atoms with Crippen LogP contribution in [0.3, 0.4) is 0 Å². The van der Waals surface area contributed by atoms with Crippen molar-refractivity contribution >= 4 is 17.4 Å². The van der Waals surface area contributed by atoms with Gasteiger partial charge in [-0.05, 0) is 38.5 Å². The van der Waals surface area contributed by atoms with Crippen molar-refractivity contribution in [2.75, 3.05) is 0 Å². The summed E-state index contributed by atoms with van der Waals surface area (Å²) in [5.41, 5.74) is 1.03. The fraction of sp³-hybridized carbons (Fsp3) is 0.375. The lowest BCUT2D eigenvalue weighted by Gasteiger charge is -2.10. The van der Waals surface area contributed by atoms with Crippen LogP contribution in [0.5, 0.6) is 5.75 Å². The van der Waals surface area contributed by atoms with Crippen molar-refractivity contribution in [2.24, 2.45) is 0 Å². The number of hydrogen-bond acceptors (Lipinski definition) is 4. The molecule has 0 fully saturated rings. The van der Waals surface area contributed by atoms with Crippen molar-refractivity contribution < 1.29 is 9.53 Å². The molecule has 2 N–H and O–H groups in total. The van der Waals surface area contributed by atoms with E-state index in [0.29, 0.717) is 13.1 Å². The molecule has 1 aromatic carbocycles. The number of amides is 2. The van der Waals surface area contributed by atoms with Crippen LogP contribution < -0.4 is 15.4 Å². The molecule has 1 heterocycles. The van der Waals surface area contributed by atoms with Gasteiger partial charge in [-0.1, -0.05) is 12.1 Å². The first-order valence-electron chi connectivity index (χ1n) is 7.21. The van der Waals surface area contributed by atoms with Crippen molar-refractivity contribution in [1.29, 1.82) is 0 Å². The Balaban J connectivity index is 1.73. The maximum absolute atomic E-state index is 11.7. The quantitative estimate of drug-likeness (QED) is 0.859. The van der Waals surface area contributed by atoms with Crippen LogP contribution in [0.4, 0.5) is 4.79 Å². The van der Waals surface area contributed by atoms with E-state index >= 15 is 0 Å². The summed E-state index contributed by atoms with van der Waals surface area (Å²) in [5.74, 6) is 0.837. The number of aryl methyl sites for hydroxylation is 1. The standard InChI is InChI=1S/C16H21N3O2S/c1-11(2)21-14-6-4-13(5-7-14)8-18-16(20)19-10-15-9-17-12(3)22-15/h4-7,9,11H,8,10H2,1-3H3,(H2,18,19,20). The van der Waals surface area contributed by atoms with Gasteiger partial charge in [0.15, 0.2) is 0 Å². The topological polar surface area (TPSA) is 63.2 Å². The molecule has 6 heteroatoms. The van der Waals surface area contributed by atoms with Gasteiger partial charge in [0.05, 0.1) is 17.7 Å². The molecule has 0 saturated heterocycles. The van der Waals surface area contributed by atoms with E-state index in [2.05, 4.69) is 15.6 Å². The molecule has 1 aromatic heterocycles. The number of urea groups is 1. The molecule has 0 saturated carbocycles. The molecule has 0 atom stereocenters. The van der Waals surface area contributed by atoms with Gasteiger partial charge < -0.3 is 15.4 Å². The Kier molecular flexibility index (Phi) is 5.77. The van der Waals surface area contributed by atoms with E-state index in [9.17, 15) is 4.79 Å².